The molecule has 6 nitrogen and oxygen atoms in total. The van der Waals surface area contributed by atoms with E-state index in [0.29, 0.717) is 11.3 Å². The van der Waals surface area contributed by atoms with Gasteiger partial charge in [0.15, 0.2) is 0 Å². The number of carbonyl (C=O) groups excluding carboxylic acids is 3. The Hall–Kier alpha value is -2.37. The van der Waals surface area contributed by atoms with Crippen molar-refractivity contribution in [2.75, 3.05) is 12.4 Å². The number of nitrogens with one attached hydrogen (secondary N) is 2. The Morgan fingerprint density at radius 1 is 1.00 bits per heavy atom. The van der Waals surface area contributed by atoms with Gasteiger partial charge in [0, 0.05) is 11.2 Å². The van der Waals surface area contributed by atoms with Crippen LogP contribution in [0.4, 0.5) is 5.69 Å². The molecule has 0 radical (unpaired) electrons. The first-order valence-corrected chi connectivity index (χ1v) is 7.30. The predicted molar refractivity (Wildman–Crippen MR) is 88.1 cm³/mol. The minimum atomic E-state index is -1.26. The monoisotopic (exact) mass is 320 g/mol. The first-order valence-electron chi connectivity index (χ1n) is 7.30. The zero-order valence-electron chi connectivity index (χ0n) is 14.4. The van der Waals surface area contributed by atoms with Crippen molar-refractivity contribution in [3.05, 3.63) is 29.8 Å². The molecule has 1 rings (SSSR count). The van der Waals surface area contributed by atoms with E-state index in [9.17, 15) is 14.4 Å². The molecule has 0 fully saturated rings. The van der Waals surface area contributed by atoms with Crippen LogP contribution in [0.25, 0.3) is 0 Å². The zero-order chi connectivity index (χ0) is 17.8. The van der Waals surface area contributed by atoms with E-state index in [2.05, 4.69) is 15.4 Å². The summed E-state index contributed by atoms with van der Waals surface area (Å²) in [6.45, 7) is 8.64. The molecule has 0 aliphatic rings. The van der Waals surface area contributed by atoms with Gasteiger partial charge in [-0.05, 0) is 52.8 Å². The summed E-state index contributed by atoms with van der Waals surface area (Å²) in [5, 5.41) is 5.45. The van der Waals surface area contributed by atoms with Crippen LogP contribution in [0.2, 0.25) is 0 Å². The second-order valence-corrected chi connectivity index (χ2v) is 6.86. The van der Waals surface area contributed by atoms with Crippen molar-refractivity contribution in [2.24, 2.45) is 5.41 Å². The number of hydrogen-bond donors (Lipinski definition) is 2. The van der Waals surface area contributed by atoms with Crippen LogP contribution in [0.1, 0.15) is 45.0 Å². The fourth-order valence-electron chi connectivity index (χ4n) is 1.73. The maximum absolute atomic E-state index is 12.4. The molecule has 1 aromatic carbocycles. The molecule has 0 saturated heterocycles. The number of esters is 1. The molecule has 23 heavy (non-hydrogen) atoms. The Balaban J connectivity index is 2.90. The van der Waals surface area contributed by atoms with Crippen LogP contribution >= 0.6 is 0 Å². The maximum Gasteiger partial charge on any atom is 0.337 e. The van der Waals surface area contributed by atoms with E-state index in [-0.39, 0.29) is 5.91 Å². The number of carbonyl (C=O) groups is 3. The molecule has 0 aliphatic carbocycles. The lowest BCUT2D eigenvalue weighted by Gasteiger charge is -2.28. The molecule has 0 aromatic heterocycles. The summed E-state index contributed by atoms with van der Waals surface area (Å²) in [7, 11) is 1.29. The van der Waals surface area contributed by atoms with Crippen LogP contribution in [0.3, 0.4) is 0 Å². The highest BCUT2D eigenvalue weighted by atomic mass is 16.5. The lowest BCUT2D eigenvalue weighted by Crippen LogP contribution is -2.51. The van der Waals surface area contributed by atoms with Crippen molar-refractivity contribution in [3.63, 3.8) is 0 Å². The zero-order valence-corrected chi connectivity index (χ0v) is 14.4. The van der Waals surface area contributed by atoms with Gasteiger partial charge in [0.25, 0.3) is 0 Å². The lowest BCUT2D eigenvalue weighted by atomic mass is 9.89. The predicted octanol–water partition coefficient (Wildman–Crippen LogP) is 2.35. The van der Waals surface area contributed by atoms with Crippen LogP contribution in [0.15, 0.2) is 24.3 Å². The molecule has 0 heterocycles. The molecule has 0 bridgehead atoms. The number of ether oxygens (including phenoxy) is 1. The topological polar surface area (TPSA) is 84.5 Å². The summed E-state index contributed by atoms with van der Waals surface area (Å²) in [5.41, 5.74) is -0.940. The molecule has 0 aliphatic heterocycles. The second kappa shape index (κ2) is 6.81. The summed E-state index contributed by atoms with van der Waals surface area (Å²) < 4.78 is 4.64. The molecule has 2 N–H and O–H groups in total. The molecule has 0 spiro atoms. The number of amides is 2. The highest BCUT2D eigenvalue weighted by molar-refractivity contribution is 6.10. The molecule has 0 atom stereocenters. The smallest absolute Gasteiger partial charge is 0.337 e. The Labute approximate surface area is 136 Å². The standard InChI is InChI=1S/C17H24N2O4/c1-16(2,3)19-15(22)17(4,5)14(21)18-12-9-7-8-11(10-12)13(20)23-6/h7-10H,1-6H3,(H,18,21)(H,19,22). The lowest BCUT2D eigenvalue weighted by molar-refractivity contribution is -0.139. The number of methoxy groups -OCH3 is 1. The quantitative estimate of drug-likeness (QED) is 0.659. The van der Waals surface area contributed by atoms with E-state index in [0.717, 1.165) is 0 Å². The van der Waals surface area contributed by atoms with Crippen LogP contribution in [-0.4, -0.2) is 30.4 Å². The minimum absolute atomic E-state index is 0.322. The number of rotatable bonds is 4. The second-order valence-electron chi connectivity index (χ2n) is 6.86. The molecule has 126 valence electrons. The van der Waals surface area contributed by atoms with Gasteiger partial charge in [-0.25, -0.2) is 4.79 Å². The van der Waals surface area contributed by atoms with Gasteiger partial charge in [-0.3, -0.25) is 9.59 Å². The first kappa shape index (κ1) is 18.7. The van der Waals surface area contributed by atoms with Gasteiger partial charge in [-0.15, -0.1) is 0 Å². The van der Waals surface area contributed by atoms with Gasteiger partial charge in [0.05, 0.1) is 12.7 Å². The van der Waals surface area contributed by atoms with Gasteiger partial charge in [0.1, 0.15) is 5.41 Å². The van der Waals surface area contributed by atoms with Crippen LogP contribution in [0.5, 0.6) is 0 Å². The SMILES string of the molecule is COC(=O)c1cccc(NC(=O)C(C)(C)C(=O)NC(C)(C)C)c1. The Morgan fingerprint density at radius 3 is 2.13 bits per heavy atom. The average molecular weight is 320 g/mol. The van der Waals surface area contributed by atoms with Gasteiger partial charge < -0.3 is 15.4 Å². The third-order valence-corrected chi connectivity index (χ3v) is 3.17. The average Bonchev–Trinajstić information content (AvgIpc) is 2.44. The van der Waals surface area contributed by atoms with E-state index >= 15 is 0 Å². The third kappa shape index (κ3) is 5.09. The number of hydrogen-bond acceptors (Lipinski definition) is 4. The van der Waals surface area contributed by atoms with E-state index in [1.807, 2.05) is 20.8 Å². The van der Waals surface area contributed by atoms with Crippen molar-refractivity contribution >= 4 is 23.5 Å². The van der Waals surface area contributed by atoms with Crippen LogP contribution in [0, 0.1) is 5.41 Å². The van der Waals surface area contributed by atoms with Crippen molar-refractivity contribution in [2.45, 2.75) is 40.2 Å². The van der Waals surface area contributed by atoms with Gasteiger partial charge in [-0.1, -0.05) is 6.07 Å². The normalized spacial score (nSPS) is 11.6. The van der Waals surface area contributed by atoms with Crippen molar-refractivity contribution in [1.82, 2.24) is 5.32 Å². The Bertz CT molecular complexity index is 615. The maximum atomic E-state index is 12.4. The van der Waals surface area contributed by atoms with Crippen molar-refractivity contribution in [1.29, 1.82) is 0 Å². The van der Waals surface area contributed by atoms with Crippen LogP contribution < -0.4 is 10.6 Å². The summed E-state index contributed by atoms with van der Waals surface area (Å²) >= 11 is 0. The molecule has 2 amide bonds. The van der Waals surface area contributed by atoms with E-state index in [4.69, 9.17) is 0 Å². The van der Waals surface area contributed by atoms with Crippen molar-refractivity contribution < 1.29 is 19.1 Å². The summed E-state index contributed by atoms with van der Waals surface area (Å²) in [6.07, 6.45) is 0. The van der Waals surface area contributed by atoms with Crippen molar-refractivity contribution in [3.8, 4) is 0 Å². The van der Waals surface area contributed by atoms with Gasteiger partial charge in [-0.2, -0.15) is 0 Å². The summed E-state index contributed by atoms with van der Waals surface area (Å²) in [6, 6.07) is 6.35. The van der Waals surface area contributed by atoms with Gasteiger partial charge >= 0.3 is 5.97 Å². The third-order valence-electron chi connectivity index (χ3n) is 3.17. The summed E-state index contributed by atoms with van der Waals surface area (Å²) in [4.78, 5) is 36.2. The highest BCUT2D eigenvalue weighted by Crippen LogP contribution is 2.21. The fraction of sp³-hybridized carbons (Fsp3) is 0.471. The van der Waals surface area contributed by atoms with E-state index < -0.39 is 22.8 Å². The molecular formula is C17H24N2O4. The van der Waals surface area contributed by atoms with E-state index in [1.165, 1.54) is 13.2 Å². The fourth-order valence-corrected chi connectivity index (χ4v) is 1.73. The largest absolute Gasteiger partial charge is 0.465 e. The molecule has 6 heteroatoms. The minimum Gasteiger partial charge on any atom is -0.465 e. The molecule has 0 unspecified atom stereocenters. The highest BCUT2D eigenvalue weighted by Gasteiger charge is 2.37. The Kier molecular flexibility index (Phi) is 5.53. The van der Waals surface area contributed by atoms with Gasteiger partial charge in [0.2, 0.25) is 11.8 Å². The number of benzene rings is 1. The van der Waals surface area contributed by atoms with Crippen LogP contribution in [-0.2, 0) is 14.3 Å². The Morgan fingerprint density at radius 2 is 1.61 bits per heavy atom. The molecular weight excluding hydrogens is 296 g/mol. The first-order chi connectivity index (χ1) is 10.5. The number of anilines is 1. The van der Waals surface area contributed by atoms with E-state index in [1.54, 1.807) is 32.0 Å². The molecule has 1 aromatic rings. The summed E-state index contributed by atoms with van der Waals surface area (Å²) in [5.74, 6) is -1.32. The molecule has 0 saturated carbocycles.